The van der Waals surface area contributed by atoms with Gasteiger partial charge in [0.2, 0.25) is 0 Å². The molecule has 0 radical (unpaired) electrons. The third kappa shape index (κ3) is 3.09. The third-order valence-electron chi connectivity index (χ3n) is 2.46. The van der Waals surface area contributed by atoms with Crippen LogP contribution >= 0.6 is 34.5 Å². The molecule has 0 aromatic carbocycles. The summed E-state index contributed by atoms with van der Waals surface area (Å²) in [7, 11) is 0. The molecule has 102 valence electrons. The van der Waals surface area contributed by atoms with Crippen LogP contribution in [0, 0.1) is 0 Å². The Labute approximate surface area is 125 Å². The van der Waals surface area contributed by atoms with Crippen LogP contribution in [0.4, 0.5) is 11.6 Å². The average Bonchev–Trinajstić information content (AvgIpc) is 2.87. The molecule has 0 spiro atoms. The summed E-state index contributed by atoms with van der Waals surface area (Å²) >= 11 is 13.6. The minimum Gasteiger partial charge on any atom is -0.357 e. The first-order chi connectivity index (χ1) is 8.94. The van der Waals surface area contributed by atoms with Crippen molar-refractivity contribution in [1.29, 1.82) is 0 Å². The fraction of sp³-hybridized carbons (Fsp3) is 0.273. The highest BCUT2D eigenvalue weighted by Crippen LogP contribution is 2.33. The number of hydrogen-bond donors (Lipinski definition) is 3. The molecule has 8 heteroatoms. The monoisotopic (exact) mass is 317 g/mol. The lowest BCUT2D eigenvalue weighted by molar-refractivity contribution is 0.601. The Morgan fingerprint density at radius 2 is 1.95 bits per heavy atom. The smallest absolute Gasteiger partial charge is 0.161 e. The second kappa shape index (κ2) is 5.50. The van der Waals surface area contributed by atoms with E-state index in [0.29, 0.717) is 21.7 Å². The summed E-state index contributed by atoms with van der Waals surface area (Å²) in [6.45, 7) is 3.99. The quantitative estimate of drug-likeness (QED) is 0.594. The van der Waals surface area contributed by atoms with Crippen LogP contribution in [0.3, 0.4) is 0 Å². The maximum atomic E-state index is 6.13. The molecule has 4 N–H and O–H groups in total. The summed E-state index contributed by atoms with van der Waals surface area (Å²) in [4.78, 5) is 8.54. The van der Waals surface area contributed by atoms with Crippen molar-refractivity contribution in [3.8, 4) is 0 Å². The number of aromatic nitrogens is 2. The fourth-order valence-corrected chi connectivity index (χ4v) is 2.72. The van der Waals surface area contributed by atoms with Gasteiger partial charge in [0.15, 0.2) is 5.82 Å². The first-order valence-corrected chi connectivity index (χ1v) is 7.08. The molecule has 0 aliphatic carbocycles. The number of anilines is 2. The van der Waals surface area contributed by atoms with Gasteiger partial charge in [-0.15, -0.1) is 11.3 Å². The van der Waals surface area contributed by atoms with E-state index in [1.54, 1.807) is 23.6 Å². The van der Waals surface area contributed by atoms with Crippen molar-refractivity contribution in [2.75, 3.05) is 10.7 Å². The Kier molecular flexibility index (Phi) is 4.15. The standard InChI is InChI=1S/C11H13Cl2N5S/c1-11(2,10-15-3-4-19-10)17-8-6(12)5-7(13)9(16-8)18-14/h3-5H,14H2,1-2H3,(H2,16,17,18). The largest absolute Gasteiger partial charge is 0.357 e. The maximum absolute atomic E-state index is 6.13. The van der Waals surface area contributed by atoms with Crippen molar-refractivity contribution in [1.82, 2.24) is 9.97 Å². The van der Waals surface area contributed by atoms with Gasteiger partial charge in [0, 0.05) is 11.6 Å². The highest BCUT2D eigenvalue weighted by molar-refractivity contribution is 7.09. The summed E-state index contributed by atoms with van der Waals surface area (Å²) in [6, 6.07) is 1.59. The van der Waals surface area contributed by atoms with E-state index in [1.165, 1.54) is 0 Å². The molecule has 19 heavy (non-hydrogen) atoms. The molecule has 0 bridgehead atoms. The van der Waals surface area contributed by atoms with Gasteiger partial charge in [-0.3, -0.25) is 0 Å². The van der Waals surface area contributed by atoms with Gasteiger partial charge >= 0.3 is 0 Å². The number of nitrogens with one attached hydrogen (secondary N) is 2. The van der Waals surface area contributed by atoms with Crippen LogP contribution in [-0.4, -0.2) is 9.97 Å². The topological polar surface area (TPSA) is 75.9 Å². The van der Waals surface area contributed by atoms with Crippen LogP contribution in [0.15, 0.2) is 17.6 Å². The lowest BCUT2D eigenvalue weighted by Crippen LogP contribution is -2.28. The molecule has 5 nitrogen and oxygen atoms in total. The van der Waals surface area contributed by atoms with Gasteiger partial charge in [0.25, 0.3) is 0 Å². The van der Waals surface area contributed by atoms with Crippen LogP contribution in [0.25, 0.3) is 0 Å². The number of rotatable bonds is 4. The number of nitrogens with two attached hydrogens (primary N) is 1. The lowest BCUT2D eigenvalue weighted by atomic mass is 10.1. The minimum atomic E-state index is -0.398. The summed E-state index contributed by atoms with van der Waals surface area (Å²) in [5.41, 5.74) is 2.03. The van der Waals surface area contributed by atoms with E-state index in [0.717, 1.165) is 5.01 Å². The molecular weight excluding hydrogens is 305 g/mol. The number of halogens is 2. The molecule has 0 atom stereocenters. The molecule has 0 aliphatic heterocycles. The van der Waals surface area contributed by atoms with E-state index >= 15 is 0 Å². The molecule has 2 aromatic rings. The Hall–Kier alpha value is -1.08. The van der Waals surface area contributed by atoms with E-state index in [9.17, 15) is 0 Å². The van der Waals surface area contributed by atoms with Crippen molar-refractivity contribution in [2.45, 2.75) is 19.4 Å². The van der Waals surface area contributed by atoms with Gasteiger partial charge in [-0.25, -0.2) is 15.8 Å². The van der Waals surface area contributed by atoms with E-state index in [2.05, 4.69) is 20.7 Å². The van der Waals surface area contributed by atoms with Crippen LogP contribution in [-0.2, 0) is 5.54 Å². The maximum Gasteiger partial charge on any atom is 0.161 e. The third-order valence-corrected chi connectivity index (χ3v) is 4.14. The summed E-state index contributed by atoms with van der Waals surface area (Å²) in [6.07, 6.45) is 1.76. The van der Waals surface area contributed by atoms with Crippen LogP contribution < -0.4 is 16.6 Å². The van der Waals surface area contributed by atoms with Gasteiger partial charge in [-0.05, 0) is 19.9 Å². The first-order valence-electron chi connectivity index (χ1n) is 5.45. The minimum absolute atomic E-state index is 0.364. The van der Waals surface area contributed by atoms with Gasteiger partial charge < -0.3 is 10.7 Å². The summed E-state index contributed by atoms with van der Waals surface area (Å²) in [5.74, 6) is 6.21. The zero-order valence-corrected chi connectivity index (χ0v) is 12.7. The van der Waals surface area contributed by atoms with E-state index in [1.807, 2.05) is 19.2 Å². The SMILES string of the molecule is CC(C)(Nc1nc(NN)c(Cl)cc1Cl)c1nccs1. The Bertz CT molecular complexity index is 571. The molecule has 0 fully saturated rings. The van der Waals surface area contributed by atoms with E-state index in [-0.39, 0.29) is 0 Å². The second-order valence-electron chi connectivity index (χ2n) is 4.38. The molecule has 2 heterocycles. The first kappa shape index (κ1) is 14.3. The van der Waals surface area contributed by atoms with Gasteiger partial charge in [-0.2, -0.15) is 0 Å². The van der Waals surface area contributed by atoms with Crippen molar-refractivity contribution in [3.63, 3.8) is 0 Å². The van der Waals surface area contributed by atoms with Crippen molar-refractivity contribution in [3.05, 3.63) is 32.7 Å². The molecule has 0 saturated carbocycles. The molecular formula is C11H13Cl2N5S. The number of thiazole rings is 1. The number of hydrazine groups is 1. The van der Waals surface area contributed by atoms with Gasteiger partial charge in [0.05, 0.1) is 15.6 Å². The Morgan fingerprint density at radius 3 is 2.53 bits per heavy atom. The number of nitrogens with zero attached hydrogens (tertiary/aromatic N) is 2. The fourth-order valence-electron chi connectivity index (χ4n) is 1.54. The van der Waals surface area contributed by atoms with Crippen molar-refractivity contribution < 1.29 is 0 Å². The Balaban J connectivity index is 2.33. The highest BCUT2D eigenvalue weighted by Gasteiger charge is 2.25. The average molecular weight is 318 g/mol. The lowest BCUT2D eigenvalue weighted by Gasteiger charge is -2.25. The second-order valence-corrected chi connectivity index (χ2v) is 6.09. The van der Waals surface area contributed by atoms with Gasteiger partial charge in [-0.1, -0.05) is 23.2 Å². The molecule has 2 rings (SSSR count). The molecule has 0 aliphatic rings. The van der Waals surface area contributed by atoms with Crippen LogP contribution in [0.2, 0.25) is 10.0 Å². The zero-order chi connectivity index (χ0) is 14.0. The molecule has 0 unspecified atom stereocenters. The Morgan fingerprint density at radius 1 is 1.26 bits per heavy atom. The van der Waals surface area contributed by atoms with Crippen LogP contribution in [0.1, 0.15) is 18.9 Å². The summed E-state index contributed by atoms with van der Waals surface area (Å²) < 4.78 is 0. The number of hydrogen-bond acceptors (Lipinski definition) is 6. The molecule has 0 amide bonds. The number of nitrogen functional groups attached to an aromatic ring is 1. The normalized spacial score (nSPS) is 11.4. The van der Waals surface area contributed by atoms with Crippen LogP contribution in [0.5, 0.6) is 0 Å². The van der Waals surface area contributed by atoms with Gasteiger partial charge in [0.1, 0.15) is 10.8 Å². The molecule has 2 aromatic heterocycles. The summed E-state index contributed by atoms with van der Waals surface area (Å²) in [5, 5.41) is 6.88. The van der Waals surface area contributed by atoms with Crippen molar-refractivity contribution in [2.24, 2.45) is 5.84 Å². The number of pyridine rings is 1. The molecule has 0 saturated heterocycles. The van der Waals surface area contributed by atoms with E-state index in [4.69, 9.17) is 29.0 Å². The van der Waals surface area contributed by atoms with Crippen molar-refractivity contribution >= 4 is 46.2 Å². The van der Waals surface area contributed by atoms with E-state index < -0.39 is 5.54 Å². The predicted octanol–water partition coefficient (Wildman–Crippen LogP) is 3.48. The predicted molar refractivity (Wildman–Crippen MR) is 80.8 cm³/mol. The highest BCUT2D eigenvalue weighted by atomic mass is 35.5. The zero-order valence-electron chi connectivity index (χ0n) is 10.4.